The molecule has 1 saturated heterocycles. The van der Waals surface area contributed by atoms with Crippen molar-refractivity contribution in [3.05, 3.63) is 35.9 Å². The zero-order valence-corrected chi connectivity index (χ0v) is 13.9. The molecule has 5 nitrogen and oxygen atoms in total. The lowest BCUT2D eigenvalue weighted by atomic mass is 9.96. The average Bonchev–Trinajstić information content (AvgIpc) is 2.51. The van der Waals surface area contributed by atoms with Crippen molar-refractivity contribution in [2.75, 3.05) is 18.8 Å². The van der Waals surface area contributed by atoms with Gasteiger partial charge in [-0.3, -0.25) is 0 Å². The molecule has 1 aliphatic rings. The van der Waals surface area contributed by atoms with E-state index in [2.05, 4.69) is 0 Å². The SMILES string of the molecule is O=C(OCc1ccccc1)N1CCCC(CCS(=O)(=O)Cl)C1. The minimum Gasteiger partial charge on any atom is -0.445 e. The number of hydrogen-bond donors (Lipinski definition) is 0. The van der Waals surface area contributed by atoms with Gasteiger partial charge in [-0.1, -0.05) is 30.3 Å². The van der Waals surface area contributed by atoms with Gasteiger partial charge in [0.05, 0.1) is 5.75 Å². The third-order valence-corrected chi connectivity index (χ3v) is 4.94. The Morgan fingerprint density at radius 1 is 1.32 bits per heavy atom. The normalized spacial score (nSPS) is 19.0. The first-order valence-corrected chi connectivity index (χ1v) is 9.80. The first-order valence-electron chi connectivity index (χ1n) is 7.32. The molecule has 1 unspecified atom stereocenters. The van der Waals surface area contributed by atoms with Gasteiger partial charge in [0, 0.05) is 23.8 Å². The summed E-state index contributed by atoms with van der Waals surface area (Å²) >= 11 is 0. The zero-order valence-electron chi connectivity index (χ0n) is 12.3. The van der Waals surface area contributed by atoms with E-state index in [4.69, 9.17) is 15.4 Å². The molecule has 1 aromatic rings. The van der Waals surface area contributed by atoms with Crippen LogP contribution in [0.15, 0.2) is 30.3 Å². The first kappa shape index (κ1) is 17.1. The van der Waals surface area contributed by atoms with Crippen LogP contribution < -0.4 is 0 Å². The molecule has 0 radical (unpaired) electrons. The zero-order chi connectivity index (χ0) is 16.0. The Balaban J connectivity index is 1.79. The summed E-state index contributed by atoms with van der Waals surface area (Å²) in [5.74, 6) is 0.109. The van der Waals surface area contributed by atoms with Crippen molar-refractivity contribution in [3.63, 3.8) is 0 Å². The Bertz CT molecular complexity index is 591. The molecule has 0 saturated carbocycles. The van der Waals surface area contributed by atoms with Gasteiger partial charge in [0.2, 0.25) is 9.05 Å². The fourth-order valence-corrected chi connectivity index (χ4v) is 3.47. The van der Waals surface area contributed by atoms with Crippen LogP contribution in [0.1, 0.15) is 24.8 Å². The van der Waals surface area contributed by atoms with Gasteiger partial charge in [-0.2, -0.15) is 0 Å². The van der Waals surface area contributed by atoms with E-state index >= 15 is 0 Å². The number of carbonyl (C=O) groups is 1. The number of carbonyl (C=O) groups excluding carboxylic acids is 1. The third kappa shape index (κ3) is 5.85. The van der Waals surface area contributed by atoms with Crippen molar-refractivity contribution < 1.29 is 17.9 Å². The van der Waals surface area contributed by atoms with Crippen LogP contribution in [0.4, 0.5) is 4.79 Å². The predicted octanol–water partition coefficient (Wildman–Crippen LogP) is 2.99. The van der Waals surface area contributed by atoms with Crippen molar-refractivity contribution in [3.8, 4) is 0 Å². The lowest BCUT2D eigenvalue weighted by molar-refractivity contribution is 0.0787. The molecule has 0 N–H and O–H groups in total. The van der Waals surface area contributed by atoms with Crippen LogP contribution in [0.2, 0.25) is 0 Å². The molecule has 1 aromatic carbocycles. The molecular formula is C15H20ClNO4S. The topological polar surface area (TPSA) is 63.7 Å². The summed E-state index contributed by atoms with van der Waals surface area (Å²) in [5, 5.41) is 0. The molecular weight excluding hydrogens is 326 g/mol. The summed E-state index contributed by atoms with van der Waals surface area (Å²) in [6, 6.07) is 9.50. The number of halogens is 1. The van der Waals surface area contributed by atoms with E-state index in [9.17, 15) is 13.2 Å². The fraction of sp³-hybridized carbons (Fsp3) is 0.533. The maximum absolute atomic E-state index is 12.1. The molecule has 0 aromatic heterocycles. The monoisotopic (exact) mass is 345 g/mol. The molecule has 122 valence electrons. The lowest BCUT2D eigenvalue weighted by Crippen LogP contribution is -2.40. The van der Waals surface area contributed by atoms with Crippen molar-refractivity contribution >= 4 is 25.8 Å². The van der Waals surface area contributed by atoms with Gasteiger partial charge in [-0.05, 0) is 30.7 Å². The number of nitrogens with zero attached hydrogens (tertiary/aromatic N) is 1. The summed E-state index contributed by atoms with van der Waals surface area (Å²) in [7, 11) is 1.77. The van der Waals surface area contributed by atoms with E-state index in [1.807, 2.05) is 30.3 Å². The van der Waals surface area contributed by atoms with E-state index in [1.54, 1.807) is 4.90 Å². The largest absolute Gasteiger partial charge is 0.445 e. The van der Waals surface area contributed by atoms with Crippen LogP contribution in [0.5, 0.6) is 0 Å². The molecule has 0 aliphatic carbocycles. The highest BCUT2D eigenvalue weighted by Crippen LogP contribution is 2.21. The van der Waals surface area contributed by atoms with Crippen LogP contribution in [0.25, 0.3) is 0 Å². The van der Waals surface area contributed by atoms with E-state index < -0.39 is 9.05 Å². The van der Waals surface area contributed by atoms with Gasteiger partial charge in [0.1, 0.15) is 6.61 Å². The van der Waals surface area contributed by atoms with Gasteiger partial charge in [0.25, 0.3) is 0 Å². The maximum atomic E-state index is 12.1. The van der Waals surface area contributed by atoms with Gasteiger partial charge < -0.3 is 9.64 Å². The van der Waals surface area contributed by atoms with Crippen molar-refractivity contribution in [1.29, 1.82) is 0 Å². The fourth-order valence-electron chi connectivity index (χ4n) is 2.58. The number of piperidine rings is 1. The predicted molar refractivity (Wildman–Crippen MR) is 85.2 cm³/mol. The van der Waals surface area contributed by atoms with Crippen LogP contribution in [0.3, 0.4) is 0 Å². The van der Waals surface area contributed by atoms with Crippen LogP contribution >= 0.6 is 10.7 Å². The van der Waals surface area contributed by atoms with E-state index in [1.165, 1.54) is 0 Å². The van der Waals surface area contributed by atoms with Crippen molar-refractivity contribution in [2.45, 2.75) is 25.9 Å². The molecule has 1 atom stereocenters. The van der Waals surface area contributed by atoms with Gasteiger partial charge in [-0.25, -0.2) is 13.2 Å². The summed E-state index contributed by atoms with van der Waals surface area (Å²) in [6.45, 7) is 1.43. The minimum absolute atomic E-state index is 0.0495. The molecule has 7 heteroatoms. The highest BCUT2D eigenvalue weighted by molar-refractivity contribution is 8.13. The van der Waals surface area contributed by atoms with Crippen LogP contribution in [-0.2, 0) is 20.4 Å². The number of likely N-dealkylation sites (tertiary alicyclic amines) is 1. The summed E-state index contributed by atoms with van der Waals surface area (Å²) in [5.41, 5.74) is 0.942. The van der Waals surface area contributed by atoms with Gasteiger partial charge in [0.15, 0.2) is 0 Å². The van der Waals surface area contributed by atoms with E-state index in [0.29, 0.717) is 19.5 Å². The smallest absolute Gasteiger partial charge is 0.410 e. The molecule has 1 heterocycles. The average molecular weight is 346 g/mol. The Morgan fingerprint density at radius 2 is 2.05 bits per heavy atom. The number of rotatable bonds is 5. The second-order valence-corrected chi connectivity index (χ2v) is 8.42. The molecule has 1 aliphatic heterocycles. The number of ether oxygens (including phenoxy) is 1. The Hall–Kier alpha value is -1.27. The Morgan fingerprint density at radius 3 is 2.73 bits per heavy atom. The number of amides is 1. The Labute approximate surface area is 135 Å². The standard InChI is InChI=1S/C15H20ClNO4S/c16-22(19,20)10-8-13-7-4-9-17(11-13)15(18)21-12-14-5-2-1-3-6-14/h1-3,5-6,13H,4,7-12H2. The van der Waals surface area contributed by atoms with E-state index in [-0.39, 0.29) is 24.4 Å². The Kier molecular flexibility index (Phi) is 6.08. The van der Waals surface area contributed by atoms with Crippen LogP contribution in [-0.4, -0.2) is 38.3 Å². The molecule has 1 amide bonds. The molecule has 0 bridgehead atoms. The maximum Gasteiger partial charge on any atom is 0.410 e. The second kappa shape index (κ2) is 7.83. The molecule has 22 heavy (non-hydrogen) atoms. The number of benzene rings is 1. The number of hydrogen-bond acceptors (Lipinski definition) is 4. The highest BCUT2D eigenvalue weighted by atomic mass is 35.7. The second-order valence-electron chi connectivity index (χ2n) is 5.53. The van der Waals surface area contributed by atoms with Gasteiger partial charge >= 0.3 is 6.09 Å². The molecule has 0 spiro atoms. The minimum atomic E-state index is -3.47. The van der Waals surface area contributed by atoms with E-state index in [0.717, 1.165) is 18.4 Å². The third-order valence-electron chi connectivity index (χ3n) is 3.75. The summed E-state index contributed by atoms with van der Waals surface area (Å²) in [4.78, 5) is 13.7. The van der Waals surface area contributed by atoms with Crippen LogP contribution in [0, 0.1) is 5.92 Å². The highest BCUT2D eigenvalue weighted by Gasteiger charge is 2.25. The van der Waals surface area contributed by atoms with Crippen molar-refractivity contribution in [1.82, 2.24) is 4.90 Å². The van der Waals surface area contributed by atoms with Crippen molar-refractivity contribution in [2.24, 2.45) is 5.92 Å². The molecule has 1 fully saturated rings. The summed E-state index contributed by atoms with van der Waals surface area (Å²) in [6.07, 6.45) is 1.90. The summed E-state index contributed by atoms with van der Waals surface area (Å²) < 4.78 is 27.3. The quantitative estimate of drug-likeness (QED) is 0.769. The molecule has 2 rings (SSSR count). The van der Waals surface area contributed by atoms with Gasteiger partial charge in [-0.15, -0.1) is 0 Å². The lowest BCUT2D eigenvalue weighted by Gasteiger charge is -2.31. The first-order chi connectivity index (χ1) is 10.4.